The number of anilines is 1. The van der Waals surface area contributed by atoms with E-state index in [0.29, 0.717) is 34.6 Å². The first kappa shape index (κ1) is 16.7. The summed E-state index contributed by atoms with van der Waals surface area (Å²) in [6.45, 7) is 3.97. The van der Waals surface area contributed by atoms with Gasteiger partial charge in [-0.15, -0.1) is 15.3 Å². The van der Waals surface area contributed by atoms with Crippen LogP contribution in [0.15, 0.2) is 23.0 Å². The van der Waals surface area contributed by atoms with Gasteiger partial charge in [0.15, 0.2) is 23.8 Å². The zero-order chi connectivity index (χ0) is 19.1. The summed E-state index contributed by atoms with van der Waals surface area (Å²) in [5.74, 6) is 2.27. The minimum absolute atomic E-state index is 0.223. The van der Waals surface area contributed by atoms with E-state index in [9.17, 15) is 0 Å². The van der Waals surface area contributed by atoms with E-state index in [-0.39, 0.29) is 6.61 Å². The van der Waals surface area contributed by atoms with Crippen LogP contribution in [0.1, 0.15) is 24.4 Å². The van der Waals surface area contributed by atoms with E-state index in [0.717, 1.165) is 31.6 Å². The van der Waals surface area contributed by atoms with E-state index in [1.54, 1.807) is 21.6 Å². The summed E-state index contributed by atoms with van der Waals surface area (Å²) in [7, 11) is 1.82. The Hall–Kier alpha value is -3.50. The SMILES string of the molecule is Cc1cc(-c2nnc3cc(N4CCCC4)c(OCc4ncn(C)n4)nn23)no1. The summed E-state index contributed by atoms with van der Waals surface area (Å²) in [4.78, 5) is 6.46. The molecule has 11 heteroatoms. The molecule has 28 heavy (non-hydrogen) atoms. The summed E-state index contributed by atoms with van der Waals surface area (Å²) < 4.78 is 14.4. The topological polar surface area (TPSA) is 112 Å². The molecule has 5 rings (SSSR count). The van der Waals surface area contributed by atoms with Crippen molar-refractivity contribution in [3.63, 3.8) is 0 Å². The molecule has 5 heterocycles. The maximum absolute atomic E-state index is 6.01. The lowest BCUT2D eigenvalue weighted by Gasteiger charge is -2.20. The highest BCUT2D eigenvalue weighted by atomic mass is 16.5. The van der Waals surface area contributed by atoms with Crippen LogP contribution in [-0.4, -0.2) is 52.8 Å². The van der Waals surface area contributed by atoms with Crippen LogP contribution in [0.2, 0.25) is 0 Å². The molecule has 0 bridgehead atoms. The Labute approximate surface area is 159 Å². The second kappa shape index (κ2) is 6.59. The van der Waals surface area contributed by atoms with Crippen molar-refractivity contribution < 1.29 is 9.26 Å². The minimum Gasteiger partial charge on any atom is -0.467 e. The standard InChI is InChI=1S/C17H19N9O2/c1-11-7-12(23-28-11)16-20-19-15-8-13(25-5-3-4-6-25)17(22-26(15)16)27-9-14-18-10-24(2)21-14/h7-8,10H,3-6,9H2,1-2H3. The molecule has 0 atom stereocenters. The predicted octanol–water partition coefficient (Wildman–Crippen LogP) is 1.40. The minimum atomic E-state index is 0.223. The molecule has 0 aromatic carbocycles. The summed E-state index contributed by atoms with van der Waals surface area (Å²) in [5.41, 5.74) is 2.10. The summed E-state index contributed by atoms with van der Waals surface area (Å²) in [6.07, 6.45) is 3.92. The highest BCUT2D eigenvalue weighted by Gasteiger charge is 2.22. The quantitative estimate of drug-likeness (QED) is 0.506. The van der Waals surface area contributed by atoms with Crippen LogP contribution in [0.3, 0.4) is 0 Å². The molecule has 1 aliphatic rings. The third-order valence-electron chi connectivity index (χ3n) is 4.63. The number of nitrogens with zero attached hydrogens (tertiary/aromatic N) is 9. The molecule has 0 radical (unpaired) electrons. The van der Waals surface area contributed by atoms with Crippen LogP contribution < -0.4 is 9.64 Å². The largest absolute Gasteiger partial charge is 0.467 e. The van der Waals surface area contributed by atoms with Gasteiger partial charge in [0.2, 0.25) is 5.82 Å². The molecule has 1 aliphatic heterocycles. The van der Waals surface area contributed by atoms with Gasteiger partial charge in [-0.2, -0.15) is 9.61 Å². The Balaban J connectivity index is 1.56. The van der Waals surface area contributed by atoms with Gasteiger partial charge in [0, 0.05) is 32.3 Å². The van der Waals surface area contributed by atoms with Crippen molar-refractivity contribution in [3.05, 3.63) is 30.0 Å². The zero-order valence-corrected chi connectivity index (χ0v) is 15.6. The zero-order valence-electron chi connectivity index (χ0n) is 15.6. The van der Waals surface area contributed by atoms with Crippen LogP contribution in [0, 0.1) is 6.92 Å². The van der Waals surface area contributed by atoms with Gasteiger partial charge >= 0.3 is 0 Å². The van der Waals surface area contributed by atoms with Crippen LogP contribution in [0.25, 0.3) is 17.2 Å². The lowest BCUT2D eigenvalue weighted by molar-refractivity contribution is 0.280. The Bertz CT molecular complexity index is 1120. The molecule has 0 N–H and O–H groups in total. The van der Waals surface area contributed by atoms with Gasteiger partial charge in [-0.1, -0.05) is 5.16 Å². The molecule has 0 amide bonds. The molecule has 4 aromatic heterocycles. The van der Waals surface area contributed by atoms with Crippen LogP contribution in [0.4, 0.5) is 5.69 Å². The number of ether oxygens (including phenoxy) is 1. The molecule has 0 spiro atoms. The number of aryl methyl sites for hydroxylation is 2. The van der Waals surface area contributed by atoms with E-state index >= 15 is 0 Å². The maximum Gasteiger partial charge on any atom is 0.256 e. The van der Waals surface area contributed by atoms with Gasteiger partial charge in [-0.25, -0.2) is 4.98 Å². The first-order valence-corrected chi connectivity index (χ1v) is 9.10. The van der Waals surface area contributed by atoms with E-state index < -0.39 is 0 Å². The van der Waals surface area contributed by atoms with Crippen molar-refractivity contribution >= 4 is 11.3 Å². The first-order chi connectivity index (χ1) is 13.7. The number of hydrogen-bond acceptors (Lipinski definition) is 9. The Morgan fingerprint density at radius 1 is 1.14 bits per heavy atom. The summed E-state index contributed by atoms with van der Waals surface area (Å²) >= 11 is 0. The Kier molecular flexibility index (Phi) is 3.92. The first-order valence-electron chi connectivity index (χ1n) is 9.10. The lowest BCUT2D eigenvalue weighted by Crippen LogP contribution is -2.20. The van der Waals surface area contributed by atoms with Crippen LogP contribution in [0.5, 0.6) is 5.88 Å². The third-order valence-corrected chi connectivity index (χ3v) is 4.63. The second-order valence-corrected chi connectivity index (χ2v) is 6.77. The maximum atomic E-state index is 6.01. The van der Waals surface area contributed by atoms with Crippen molar-refractivity contribution in [2.24, 2.45) is 7.05 Å². The van der Waals surface area contributed by atoms with Crippen LogP contribution >= 0.6 is 0 Å². The van der Waals surface area contributed by atoms with Crippen LogP contribution in [-0.2, 0) is 13.7 Å². The van der Waals surface area contributed by atoms with Gasteiger partial charge in [-0.3, -0.25) is 4.68 Å². The monoisotopic (exact) mass is 381 g/mol. The average Bonchev–Trinajstić information content (AvgIpc) is 3.46. The van der Waals surface area contributed by atoms with Crippen molar-refractivity contribution in [3.8, 4) is 17.4 Å². The van der Waals surface area contributed by atoms with Gasteiger partial charge in [0.1, 0.15) is 17.8 Å². The van der Waals surface area contributed by atoms with E-state index in [2.05, 4.69) is 35.4 Å². The number of rotatable bonds is 5. The number of hydrogen-bond donors (Lipinski definition) is 0. The smallest absolute Gasteiger partial charge is 0.256 e. The van der Waals surface area contributed by atoms with Gasteiger partial charge < -0.3 is 14.2 Å². The lowest BCUT2D eigenvalue weighted by atomic mass is 10.3. The molecule has 1 saturated heterocycles. The second-order valence-electron chi connectivity index (χ2n) is 6.77. The van der Waals surface area contributed by atoms with Crippen molar-refractivity contribution in [1.82, 2.24) is 39.7 Å². The van der Waals surface area contributed by atoms with E-state index in [4.69, 9.17) is 9.26 Å². The molecule has 1 fully saturated rings. The fourth-order valence-corrected chi connectivity index (χ4v) is 3.31. The normalized spacial score (nSPS) is 14.3. The fourth-order valence-electron chi connectivity index (χ4n) is 3.31. The molecule has 0 unspecified atom stereocenters. The summed E-state index contributed by atoms with van der Waals surface area (Å²) in [6, 6.07) is 3.74. The van der Waals surface area contributed by atoms with Gasteiger partial charge in [0.25, 0.3) is 5.88 Å². The molecular formula is C17H19N9O2. The van der Waals surface area contributed by atoms with Gasteiger partial charge in [-0.05, 0) is 19.8 Å². The molecule has 11 nitrogen and oxygen atoms in total. The van der Waals surface area contributed by atoms with E-state index in [1.165, 1.54) is 0 Å². The predicted molar refractivity (Wildman–Crippen MR) is 97.8 cm³/mol. The number of fused-ring (bicyclic) bond motifs is 1. The molecule has 0 saturated carbocycles. The highest BCUT2D eigenvalue weighted by molar-refractivity contribution is 5.64. The highest BCUT2D eigenvalue weighted by Crippen LogP contribution is 2.31. The molecular weight excluding hydrogens is 362 g/mol. The molecule has 4 aromatic rings. The third kappa shape index (κ3) is 2.94. The van der Waals surface area contributed by atoms with Crippen molar-refractivity contribution in [2.45, 2.75) is 26.4 Å². The van der Waals surface area contributed by atoms with Gasteiger partial charge in [0.05, 0.1) is 0 Å². The fraction of sp³-hybridized carbons (Fsp3) is 0.412. The van der Waals surface area contributed by atoms with Crippen molar-refractivity contribution in [2.75, 3.05) is 18.0 Å². The van der Waals surface area contributed by atoms with Crippen molar-refractivity contribution in [1.29, 1.82) is 0 Å². The Morgan fingerprint density at radius 2 is 2.00 bits per heavy atom. The molecule has 0 aliphatic carbocycles. The molecule has 144 valence electrons. The summed E-state index contributed by atoms with van der Waals surface area (Å²) in [5, 5.41) is 21.4. The number of aromatic nitrogens is 8. The van der Waals surface area contributed by atoms with E-state index in [1.807, 2.05) is 20.0 Å². The average molecular weight is 381 g/mol. The Morgan fingerprint density at radius 3 is 2.71 bits per heavy atom.